The van der Waals surface area contributed by atoms with Gasteiger partial charge in [0.05, 0.1) is 22.6 Å². The molecule has 0 bridgehead atoms. The molecule has 0 aliphatic carbocycles. The van der Waals surface area contributed by atoms with Crippen LogP contribution in [-0.2, 0) is 4.79 Å². The molecule has 1 aromatic heterocycles. The maximum atomic E-state index is 13.7. The lowest BCUT2D eigenvalue weighted by Crippen LogP contribution is -2.31. The lowest BCUT2D eigenvalue weighted by molar-refractivity contribution is -0.113. The van der Waals surface area contributed by atoms with Crippen LogP contribution in [0.2, 0.25) is 0 Å². The minimum atomic E-state index is -0.454. The molecule has 1 aliphatic heterocycles. The summed E-state index contributed by atoms with van der Waals surface area (Å²) in [7, 11) is 0. The summed E-state index contributed by atoms with van der Waals surface area (Å²) in [6.45, 7) is 5.87. The zero-order valence-corrected chi connectivity index (χ0v) is 18.1. The van der Waals surface area contributed by atoms with Crippen LogP contribution in [-0.4, -0.2) is 15.5 Å². The van der Waals surface area contributed by atoms with E-state index in [-0.39, 0.29) is 11.7 Å². The Morgan fingerprint density at radius 2 is 1.78 bits per heavy atom. The molecule has 1 amide bonds. The number of nitrogens with zero attached hydrogens (tertiary/aromatic N) is 2. The first kappa shape index (κ1) is 20.0. The van der Waals surface area contributed by atoms with Crippen molar-refractivity contribution in [1.29, 1.82) is 0 Å². The van der Waals surface area contributed by atoms with Gasteiger partial charge in [0.15, 0.2) is 0 Å². The second-order valence-electron chi connectivity index (χ2n) is 8.18. The number of benzene rings is 3. The average Bonchev–Trinajstić information content (AvgIpc) is 3.13. The minimum Gasteiger partial charge on any atom is -0.329 e. The molecule has 0 saturated heterocycles. The van der Waals surface area contributed by atoms with E-state index in [1.54, 1.807) is 12.1 Å². The van der Waals surface area contributed by atoms with Gasteiger partial charge >= 0.3 is 0 Å². The number of rotatable bonds is 3. The molecule has 1 aliphatic rings. The fourth-order valence-electron chi connectivity index (χ4n) is 4.36. The van der Waals surface area contributed by atoms with Crippen molar-refractivity contribution >= 4 is 28.6 Å². The number of hydrogen-bond donors (Lipinski definition) is 2. The number of hydrogen-bond acceptors (Lipinski definition) is 3. The molecular weight excluding hydrogens is 403 g/mol. The molecule has 0 spiro atoms. The molecule has 0 radical (unpaired) electrons. The van der Waals surface area contributed by atoms with E-state index in [4.69, 9.17) is 4.98 Å². The predicted molar refractivity (Wildman–Crippen MR) is 125 cm³/mol. The van der Waals surface area contributed by atoms with E-state index in [9.17, 15) is 9.18 Å². The van der Waals surface area contributed by atoms with Crippen molar-refractivity contribution in [3.8, 4) is 0 Å². The smallest absolute Gasteiger partial charge is 0.255 e. The van der Waals surface area contributed by atoms with E-state index in [2.05, 4.69) is 10.6 Å². The molecule has 3 aromatic carbocycles. The fourth-order valence-corrected chi connectivity index (χ4v) is 4.36. The summed E-state index contributed by atoms with van der Waals surface area (Å²) in [5, 5.41) is 6.37. The number of imidazole rings is 1. The van der Waals surface area contributed by atoms with Gasteiger partial charge in [-0.15, -0.1) is 0 Å². The van der Waals surface area contributed by atoms with Crippen molar-refractivity contribution < 1.29 is 9.18 Å². The van der Waals surface area contributed by atoms with Crippen LogP contribution >= 0.6 is 0 Å². The molecule has 1 atom stereocenters. The molecular formula is C26H23FN4O. The predicted octanol–water partition coefficient (Wildman–Crippen LogP) is 5.72. The van der Waals surface area contributed by atoms with Crippen LogP contribution < -0.4 is 10.6 Å². The first-order valence-corrected chi connectivity index (χ1v) is 10.5. The summed E-state index contributed by atoms with van der Waals surface area (Å²) in [4.78, 5) is 18.3. The van der Waals surface area contributed by atoms with Gasteiger partial charge in [-0.3, -0.25) is 9.36 Å². The number of para-hydroxylation sites is 2. The lowest BCUT2D eigenvalue weighted by Gasteiger charge is -2.31. The highest BCUT2D eigenvalue weighted by Crippen LogP contribution is 2.39. The number of carbonyl (C=O) groups excluding carboxylic acids is 1. The number of amides is 1. The Balaban J connectivity index is 1.65. The van der Waals surface area contributed by atoms with Gasteiger partial charge in [-0.05, 0) is 62.2 Å². The summed E-state index contributed by atoms with van der Waals surface area (Å²) in [6, 6.07) is 19.6. The highest BCUT2D eigenvalue weighted by molar-refractivity contribution is 6.06. The zero-order chi connectivity index (χ0) is 22.4. The summed E-state index contributed by atoms with van der Waals surface area (Å²) >= 11 is 0. The van der Waals surface area contributed by atoms with E-state index in [0.29, 0.717) is 17.2 Å². The molecule has 6 heteroatoms. The summed E-state index contributed by atoms with van der Waals surface area (Å²) in [5.41, 5.74) is 6.69. The maximum Gasteiger partial charge on any atom is 0.255 e. The monoisotopic (exact) mass is 426 g/mol. The summed E-state index contributed by atoms with van der Waals surface area (Å²) in [5.74, 6) is 0.126. The SMILES string of the molecule is CC1=C(C(=O)Nc2ccc(C)cc2C)[C@@H](c2ccc(F)cc2)n2c(nc3ccccc32)N1. The highest BCUT2D eigenvalue weighted by Gasteiger charge is 2.34. The summed E-state index contributed by atoms with van der Waals surface area (Å²) in [6.07, 6.45) is 0. The van der Waals surface area contributed by atoms with E-state index in [1.807, 2.05) is 67.8 Å². The van der Waals surface area contributed by atoms with Gasteiger partial charge < -0.3 is 10.6 Å². The van der Waals surface area contributed by atoms with Crippen molar-refractivity contribution in [2.24, 2.45) is 0 Å². The Morgan fingerprint density at radius 1 is 1.03 bits per heavy atom. The van der Waals surface area contributed by atoms with Crippen LogP contribution in [0, 0.1) is 19.7 Å². The number of halogens is 1. The zero-order valence-electron chi connectivity index (χ0n) is 18.1. The van der Waals surface area contributed by atoms with E-state index in [1.165, 1.54) is 12.1 Å². The fraction of sp³-hybridized carbons (Fsp3) is 0.154. The largest absolute Gasteiger partial charge is 0.329 e. The quantitative estimate of drug-likeness (QED) is 0.441. The summed E-state index contributed by atoms with van der Waals surface area (Å²) < 4.78 is 15.7. The van der Waals surface area contributed by atoms with Crippen molar-refractivity contribution in [2.75, 3.05) is 10.6 Å². The number of aromatic nitrogens is 2. The molecule has 2 heterocycles. The topological polar surface area (TPSA) is 59.0 Å². The lowest BCUT2D eigenvalue weighted by atomic mass is 9.94. The van der Waals surface area contributed by atoms with Crippen LogP contribution in [0.15, 0.2) is 78.0 Å². The van der Waals surface area contributed by atoms with Crippen molar-refractivity contribution in [3.63, 3.8) is 0 Å². The molecule has 0 fully saturated rings. The van der Waals surface area contributed by atoms with Crippen LogP contribution in [0.4, 0.5) is 16.0 Å². The van der Waals surface area contributed by atoms with Crippen LogP contribution in [0.25, 0.3) is 11.0 Å². The highest BCUT2D eigenvalue weighted by atomic mass is 19.1. The molecule has 32 heavy (non-hydrogen) atoms. The maximum absolute atomic E-state index is 13.7. The minimum absolute atomic E-state index is 0.209. The first-order valence-electron chi connectivity index (χ1n) is 10.5. The van der Waals surface area contributed by atoms with E-state index < -0.39 is 6.04 Å². The van der Waals surface area contributed by atoms with Gasteiger partial charge in [0.1, 0.15) is 5.82 Å². The second-order valence-corrected chi connectivity index (χ2v) is 8.18. The van der Waals surface area contributed by atoms with Crippen molar-refractivity contribution in [2.45, 2.75) is 26.8 Å². The van der Waals surface area contributed by atoms with Gasteiger partial charge in [-0.1, -0.05) is 42.0 Å². The molecule has 5 nitrogen and oxygen atoms in total. The van der Waals surface area contributed by atoms with Crippen LogP contribution in [0.3, 0.4) is 0 Å². The van der Waals surface area contributed by atoms with Crippen LogP contribution in [0.1, 0.15) is 29.7 Å². The molecule has 2 N–H and O–H groups in total. The third kappa shape index (κ3) is 3.34. The average molecular weight is 426 g/mol. The third-order valence-electron chi connectivity index (χ3n) is 5.89. The molecule has 0 unspecified atom stereocenters. The molecule has 160 valence electrons. The second kappa shape index (κ2) is 7.64. The first-order chi connectivity index (χ1) is 15.4. The molecule has 4 aromatic rings. The number of anilines is 2. The van der Waals surface area contributed by atoms with Gasteiger partial charge in [-0.2, -0.15) is 0 Å². The Kier molecular flexibility index (Phi) is 4.78. The Hall–Kier alpha value is -3.93. The van der Waals surface area contributed by atoms with E-state index >= 15 is 0 Å². The third-order valence-corrected chi connectivity index (χ3v) is 5.89. The number of fused-ring (bicyclic) bond motifs is 3. The molecule has 5 rings (SSSR count). The van der Waals surface area contributed by atoms with Crippen molar-refractivity contribution in [3.05, 3.63) is 101 Å². The van der Waals surface area contributed by atoms with Gasteiger partial charge in [-0.25, -0.2) is 9.37 Å². The standard InChI is InChI=1S/C26H23FN4O/c1-15-8-13-20(16(2)14-15)29-25(32)23-17(3)28-26-30-21-6-4-5-7-22(21)31(26)24(23)18-9-11-19(27)12-10-18/h4-14,24H,1-3H3,(H,28,30)(H,29,32)/t24-/m1/s1. The van der Waals surface area contributed by atoms with Crippen LogP contribution in [0.5, 0.6) is 0 Å². The van der Waals surface area contributed by atoms with Crippen molar-refractivity contribution in [1.82, 2.24) is 9.55 Å². The van der Waals surface area contributed by atoms with Gasteiger partial charge in [0.2, 0.25) is 5.95 Å². The van der Waals surface area contributed by atoms with Gasteiger partial charge in [0.25, 0.3) is 5.91 Å². The van der Waals surface area contributed by atoms with Gasteiger partial charge in [0, 0.05) is 11.4 Å². The number of allylic oxidation sites excluding steroid dienone is 1. The Morgan fingerprint density at radius 3 is 2.53 bits per heavy atom. The number of aryl methyl sites for hydroxylation is 2. The number of nitrogens with one attached hydrogen (secondary N) is 2. The molecule has 0 saturated carbocycles. The normalized spacial score (nSPS) is 15.4. The van der Waals surface area contributed by atoms with E-state index in [0.717, 1.165) is 33.4 Å². The number of carbonyl (C=O) groups is 1. The Labute approximate surface area is 185 Å². The Bertz CT molecular complexity index is 1380.